The van der Waals surface area contributed by atoms with Crippen molar-refractivity contribution in [2.75, 3.05) is 13.1 Å². The molecule has 2 aromatic rings. The fourth-order valence-corrected chi connectivity index (χ4v) is 5.04. The number of fused-ring (bicyclic) bond motifs is 1. The molecule has 1 amide bonds. The summed E-state index contributed by atoms with van der Waals surface area (Å²) in [6, 6.07) is 15.7. The molecule has 29 heavy (non-hydrogen) atoms. The normalized spacial score (nSPS) is 24.5. The molecule has 0 radical (unpaired) electrons. The van der Waals surface area contributed by atoms with Crippen LogP contribution in [-0.2, 0) is 14.8 Å². The molecule has 2 aliphatic heterocycles. The van der Waals surface area contributed by atoms with Crippen molar-refractivity contribution in [2.24, 2.45) is 10.7 Å². The lowest BCUT2D eigenvalue weighted by atomic mass is 9.95. The van der Waals surface area contributed by atoms with Crippen LogP contribution in [0.3, 0.4) is 0 Å². The second-order valence-electron chi connectivity index (χ2n) is 7.18. The number of rotatable bonds is 3. The number of hydrogen-bond acceptors (Lipinski definition) is 5. The van der Waals surface area contributed by atoms with Gasteiger partial charge in [0.1, 0.15) is 11.9 Å². The number of sulfonamides is 1. The molecule has 0 aliphatic carbocycles. The van der Waals surface area contributed by atoms with Crippen molar-refractivity contribution < 1.29 is 13.2 Å². The van der Waals surface area contributed by atoms with Crippen molar-refractivity contribution in [3.05, 3.63) is 65.7 Å². The van der Waals surface area contributed by atoms with Crippen LogP contribution in [0.25, 0.3) is 0 Å². The van der Waals surface area contributed by atoms with Crippen molar-refractivity contribution in [2.45, 2.75) is 29.8 Å². The summed E-state index contributed by atoms with van der Waals surface area (Å²) in [5.41, 5.74) is 7.88. The highest BCUT2D eigenvalue weighted by atomic mass is 35.5. The van der Waals surface area contributed by atoms with Gasteiger partial charge in [0, 0.05) is 30.6 Å². The SMILES string of the molecule is CC(N=C1NS(=O)(=O)c2ccccc21)C(=O)N1C[C@@H](N)[C@H](c2ccccc2)C1.Cl. The van der Waals surface area contributed by atoms with E-state index >= 15 is 0 Å². The first-order valence-corrected chi connectivity index (χ1v) is 10.6. The number of carbonyl (C=O) groups is 1. The van der Waals surface area contributed by atoms with Gasteiger partial charge in [0.25, 0.3) is 10.0 Å². The number of nitrogens with one attached hydrogen (secondary N) is 1. The van der Waals surface area contributed by atoms with Gasteiger partial charge in [0.2, 0.25) is 5.91 Å². The van der Waals surface area contributed by atoms with Gasteiger partial charge < -0.3 is 10.6 Å². The molecule has 3 N–H and O–H groups in total. The molecule has 2 aliphatic rings. The Labute approximate surface area is 176 Å². The topological polar surface area (TPSA) is 105 Å². The van der Waals surface area contributed by atoms with E-state index < -0.39 is 16.1 Å². The highest BCUT2D eigenvalue weighted by Crippen LogP contribution is 2.27. The number of amidine groups is 1. The number of carbonyl (C=O) groups excluding carboxylic acids is 1. The van der Waals surface area contributed by atoms with Gasteiger partial charge in [0.05, 0.1) is 4.90 Å². The van der Waals surface area contributed by atoms with Gasteiger partial charge in [-0.3, -0.25) is 14.5 Å². The molecule has 2 aromatic carbocycles. The molecule has 9 heteroatoms. The fraction of sp³-hybridized carbons (Fsp3) is 0.300. The first-order valence-electron chi connectivity index (χ1n) is 9.16. The second kappa shape index (κ2) is 8.14. The molecule has 2 heterocycles. The van der Waals surface area contributed by atoms with Gasteiger partial charge in [-0.2, -0.15) is 0 Å². The molecule has 1 fully saturated rings. The average Bonchev–Trinajstić information content (AvgIpc) is 3.20. The van der Waals surface area contributed by atoms with E-state index in [0.29, 0.717) is 18.7 Å². The van der Waals surface area contributed by atoms with Crippen LogP contribution in [0.4, 0.5) is 0 Å². The predicted octanol–water partition coefficient (Wildman–Crippen LogP) is 1.49. The van der Waals surface area contributed by atoms with Crippen LogP contribution in [0.1, 0.15) is 24.0 Å². The quantitative estimate of drug-likeness (QED) is 0.763. The number of likely N-dealkylation sites (tertiary alicyclic amines) is 1. The molecule has 1 saturated heterocycles. The third-order valence-corrected chi connectivity index (χ3v) is 6.64. The summed E-state index contributed by atoms with van der Waals surface area (Å²) >= 11 is 0. The van der Waals surface area contributed by atoms with E-state index in [-0.39, 0.29) is 41.0 Å². The first kappa shape index (κ1) is 21.3. The Morgan fingerprint density at radius 2 is 1.79 bits per heavy atom. The summed E-state index contributed by atoms with van der Waals surface area (Å²) in [5.74, 6) is 0.125. The zero-order valence-corrected chi connectivity index (χ0v) is 17.5. The summed E-state index contributed by atoms with van der Waals surface area (Å²) in [6.45, 7) is 2.66. The number of aliphatic imine (C=N–C) groups is 1. The minimum absolute atomic E-state index is 0. The van der Waals surface area contributed by atoms with E-state index in [9.17, 15) is 13.2 Å². The van der Waals surface area contributed by atoms with Crippen LogP contribution < -0.4 is 10.5 Å². The monoisotopic (exact) mass is 434 g/mol. The standard InChI is InChI=1S/C20H22N4O3S.ClH/c1-13(22-19-15-9-5-6-10-18(15)28(26,27)23-19)20(25)24-11-16(17(21)12-24)14-7-3-2-4-8-14;/h2-10,13,16-17H,11-12,21H2,1H3,(H,22,23);1H/t13?,16-,17+;/m0./s1. The van der Waals surface area contributed by atoms with Crippen LogP contribution in [-0.4, -0.2) is 50.2 Å². The lowest BCUT2D eigenvalue weighted by Gasteiger charge is -2.19. The van der Waals surface area contributed by atoms with Crippen LogP contribution in [0.15, 0.2) is 64.5 Å². The van der Waals surface area contributed by atoms with E-state index in [2.05, 4.69) is 9.71 Å². The lowest BCUT2D eigenvalue weighted by Crippen LogP contribution is -2.38. The zero-order chi connectivity index (χ0) is 19.9. The predicted molar refractivity (Wildman–Crippen MR) is 114 cm³/mol. The highest BCUT2D eigenvalue weighted by Gasteiger charge is 2.36. The average molecular weight is 435 g/mol. The van der Waals surface area contributed by atoms with Gasteiger partial charge in [-0.1, -0.05) is 42.5 Å². The van der Waals surface area contributed by atoms with Crippen LogP contribution in [0.2, 0.25) is 0 Å². The molecule has 0 saturated carbocycles. The molecule has 0 spiro atoms. The number of nitrogens with zero attached hydrogens (tertiary/aromatic N) is 2. The second-order valence-corrected chi connectivity index (χ2v) is 8.83. The van der Waals surface area contributed by atoms with Crippen molar-refractivity contribution in [3.8, 4) is 0 Å². The Bertz CT molecular complexity index is 1040. The van der Waals surface area contributed by atoms with E-state index in [1.807, 2.05) is 30.3 Å². The molecule has 1 unspecified atom stereocenters. The molecule has 0 bridgehead atoms. The number of benzene rings is 2. The number of amides is 1. The highest BCUT2D eigenvalue weighted by molar-refractivity contribution is 7.90. The third kappa shape index (κ3) is 4.01. The molecule has 154 valence electrons. The minimum Gasteiger partial charge on any atom is -0.339 e. The summed E-state index contributed by atoms with van der Waals surface area (Å²) in [4.78, 5) is 19.2. The summed E-state index contributed by atoms with van der Waals surface area (Å²) in [5, 5.41) is 0. The van der Waals surface area contributed by atoms with E-state index in [4.69, 9.17) is 5.73 Å². The zero-order valence-electron chi connectivity index (χ0n) is 15.9. The summed E-state index contributed by atoms with van der Waals surface area (Å²) in [7, 11) is -3.62. The van der Waals surface area contributed by atoms with Crippen LogP contribution in [0, 0.1) is 0 Å². The minimum atomic E-state index is -3.62. The van der Waals surface area contributed by atoms with Gasteiger partial charge in [-0.25, -0.2) is 8.42 Å². The van der Waals surface area contributed by atoms with Crippen molar-refractivity contribution >= 4 is 34.2 Å². The molecular formula is C20H23ClN4O3S. The van der Waals surface area contributed by atoms with Gasteiger partial charge in [-0.15, -0.1) is 12.4 Å². The smallest absolute Gasteiger partial charge is 0.263 e. The van der Waals surface area contributed by atoms with Gasteiger partial charge in [0.15, 0.2) is 0 Å². The summed E-state index contributed by atoms with van der Waals surface area (Å²) in [6.07, 6.45) is 0. The molecular weight excluding hydrogens is 412 g/mol. The maximum absolute atomic E-state index is 12.9. The molecule has 0 aromatic heterocycles. The van der Waals surface area contributed by atoms with Gasteiger partial charge >= 0.3 is 0 Å². The Hall–Kier alpha value is -2.42. The molecule has 7 nitrogen and oxygen atoms in total. The van der Waals surface area contributed by atoms with Gasteiger partial charge in [-0.05, 0) is 24.6 Å². The fourth-order valence-electron chi connectivity index (χ4n) is 3.80. The van der Waals surface area contributed by atoms with E-state index in [1.165, 1.54) is 6.07 Å². The van der Waals surface area contributed by atoms with E-state index in [0.717, 1.165) is 5.56 Å². The largest absolute Gasteiger partial charge is 0.339 e. The van der Waals surface area contributed by atoms with Crippen LogP contribution in [0.5, 0.6) is 0 Å². The Morgan fingerprint density at radius 3 is 2.52 bits per heavy atom. The maximum atomic E-state index is 12.9. The lowest BCUT2D eigenvalue weighted by molar-refractivity contribution is -0.131. The first-order chi connectivity index (χ1) is 13.4. The number of nitrogens with two attached hydrogens (primary N) is 1. The van der Waals surface area contributed by atoms with Crippen LogP contribution >= 0.6 is 12.4 Å². The molecule has 4 rings (SSSR count). The Kier molecular flexibility index (Phi) is 5.97. The Morgan fingerprint density at radius 1 is 1.14 bits per heavy atom. The number of halogens is 1. The van der Waals surface area contributed by atoms with Crippen molar-refractivity contribution in [1.29, 1.82) is 0 Å². The third-order valence-electron chi connectivity index (χ3n) is 5.25. The summed E-state index contributed by atoms with van der Waals surface area (Å²) < 4.78 is 26.9. The number of hydrogen-bond donors (Lipinski definition) is 2. The molecule has 3 atom stereocenters. The maximum Gasteiger partial charge on any atom is 0.263 e. The Balaban J connectivity index is 0.00000240. The van der Waals surface area contributed by atoms with Crippen molar-refractivity contribution in [3.63, 3.8) is 0 Å². The van der Waals surface area contributed by atoms with Crippen molar-refractivity contribution in [1.82, 2.24) is 9.62 Å². The van der Waals surface area contributed by atoms with E-state index in [1.54, 1.807) is 30.0 Å².